The van der Waals surface area contributed by atoms with Gasteiger partial charge >= 0.3 is 5.69 Å². The molecule has 2 heterocycles. The van der Waals surface area contributed by atoms with E-state index in [0.29, 0.717) is 16.6 Å². The third-order valence-electron chi connectivity index (χ3n) is 3.68. The number of aromatic nitrogens is 4. The Morgan fingerprint density at radius 2 is 1.84 bits per heavy atom. The molecular weight excluding hydrogens is 358 g/mol. The fourth-order valence-electron chi connectivity index (χ4n) is 2.13. The zero-order valence-corrected chi connectivity index (χ0v) is 15.6. The van der Waals surface area contributed by atoms with Crippen LogP contribution in [0.3, 0.4) is 0 Å². The molecule has 25 heavy (non-hydrogen) atoms. The largest absolute Gasteiger partial charge is 0.330 e. The van der Waals surface area contributed by atoms with Gasteiger partial charge in [-0.2, -0.15) is 0 Å². The van der Waals surface area contributed by atoms with E-state index in [-0.39, 0.29) is 11.2 Å². The van der Waals surface area contributed by atoms with Gasteiger partial charge in [0.2, 0.25) is 5.13 Å². The summed E-state index contributed by atoms with van der Waals surface area (Å²) in [5, 5.41) is 12.2. The van der Waals surface area contributed by atoms with Gasteiger partial charge < -0.3 is 5.32 Å². The van der Waals surface area contributed by atoms with Crippen molar-refractivity contribution in [1.29, 1.82) is 0 Å². The molecule has 2 aromatic heterocycles. The topological polar surface area (TPSA) is 81.8 Å². The van der Waals surface area contributed by atoms with Crippen LogP contribution in [0.2, 0.25) is 0 Å². The summed E-state index contributed by atoms with van der Waals surface area (Å²) in [5.41, 5.74) is 2.16. The van der Waals surface area contributed by atoms with Crippen LogP contribution in [0.4, 0.5) is 10.8 Å². The van der Waals surface area contributed by atoms with Gasteiger partial charge in [0, 0.05) is 37.3 Å². The molecule has 0 unspecified atom stereocenters. The molecule has 9 heteroatoms. The number of hydrogen-bond acceptors (Lipinski definition) is 7. The normalized spacial score (nSPS) is 10.8. The van der Waals surface area contributed by atoms with E-state index in [9.17, 15) is 9.59 Å². The molecule has 0 aliphatic heterocycles. The Kier molecular flexibility index (Phi) is 5.05. The number of rotatable bonds is 5. The minimum atomic E-state index is -0.331. The van der Waals surface area contributed by atoms with Crippen LogP contribution in [0.1, 0.15) is 11.3 Å². The molecule has 0 saturated heterocycles. The van der Waals surface area contributed by atoms with Crippen molar-refractivity contribution in [1.82, 2.24) is 19.3 Å². The average Bonchev–Trinajstić information content (AvgIpc) is 3.04. The van der Waals surface area contributed by atoms with Crippen LogP contribution in [-0.4, -0.2) is 19.3 Å². The number of nitrogens with one attached hydrogen (secondary N) is 1. The number of aryl methyl sites for hydroxylation is 1. The summed E-state index contributed by atoms with van der Waals surface area (Å²) in [6.45, 7) is 2.04. The van der Waals surface area contributed by atoms with Gasteiger partial charge in [-0.1, -0.05) is 40.8 Å². The fraction of sp³-hybridized carbons (Fsp3) is 0.250. The van der Waals surface area contributed by atoms with Crippen molar-refractivity contribution in [3.63, 3.8) is 0 Å². The number of anilines is 2. The molecule has 7 nitrogen and oxygen atoms in total. The molecule has 0 fully saturated rings. The molecule has 130 valence electrons. The van der Waals surface area contributed by atoms with Crippen molar-refractivity contribution >= 4 is 33.9 Å². The zero-order valence-electron chi connectivity index (χ0n) is 14.0. The third kappa shape index (κ3) is 3.99. The van der Waals surface area contributed by atoms with E-state index in [0.717, 1.165) is 14.6 Å². The molecule has 1 N–H and O–H groups in total. The van der Waals surface area contributed by atoms with Crippen molar-refractivity contribution in [3.8, 4) is 0 Å². The molecule has 0 bridgehead atoms. The van der Waals surface area contributed by atoms with Gasteiger partial charge in [0.1, 0.15) is 0 Å². The highest BCUT2D eigenvalue weighted by Gasteiger charge is 2.09. The smallest absolute Gasteiger partial charge is 0.330 e. The standard InChI is InChI=1S/C16H17N5O2S2/c1-10-4-6-11(7-5-10)17-14-18-19-15(25-14)24-9-12-8-13(22)21(3)16(23)20(12)2/h4-8H,9H2,1-3H3,(H,17,18). The minimum Gasteiger partial charge on any atom is -0.330 e. The van der Waals surface area contributed by atoms with Crippen molar-refractivity contribution in [2.45, 2.75) is 17.0 Å². The number of thioether (sulfide) groups is 1. The molecule has 1 aromatic carbocycles. The van der Waals surface area contributed by atoms with Crippen LogP contribution in [0.5, 0.6) is 0 Å². The Morgan fingerprint density at radius 3 is 2.56 bits per heavy atom. The summed E-state index contributed by atoms with van der Waals surface area (Å²) in [7, 11) is 3.12. The minimum absolute atomic E-state index is 0.308. The Bertz CT molecular complexity index is 1000. The van der Waals surface area contributed by atoms with Gasteiger partial charge in [-0.25, -0.2) is 4.79 Å². The molecule has 3 rings (SSSR count). The summed E-state index contributed by atoms with van der Waals surface area (Å²) in [6.07, 6.45) is 0. The van der Waals surface area contributed by atoms with Crippen molar-refractivity contribution in [3.05, 3.63) is 62.4 Å². The average molecular weight is 375 g/mol. The highest BCUT2D eigenvalue weighted by molar-refractivity contribution is 8.00. The lowest BCUT2D eigenvalue weighted by atomic mass is 10.2. The van der Waals surface area contributed by atoms with E-state index >= 15 is 0 Å². The summed E-state index contributed by atoms with van der Waals surface area (Å²) in [5.74, 6) is 0.473. The predicted octanol–water partition coefficient (Wildman–Crippen LogP) is 2.28. The lowest BCUT2D eigenvalue weighted by Crippen LogP contribution is -2.37. The Morgan fingerprint density at radius 1 is 1.12 bits per heavy atom. The first-order chi connectivity index (χ1) is 11.9. The van der Waals surface area contributed by atoms with E-state index in [2.05, 4.69) is 15.5 Å². The van der Waals surface area contributed by atoms with Gasteiger partial charge in [0.05, 0.1) is 0 Å². The maximum absolute atomic E-state index is 11.9. The third-order valence-corrected chi connectivity index (χ3v) is 5.68. The quantitative estimate of drug-likeness (QED) is 0.689. The predicted molar refractivity (Wildman–Crippen MR) is 101 cm³/mol. The number of hydrogen-bond donors (Lipinski definition) is 1. The summed E-state index contributed by atoms with van der Waals surface area (Å²) >= 11 is 2.87. The van der Waals surface area contributed by atoms with E-state index in [4.69, 9.17) is 0 Å². The van der Waals surface area contributed by atoms with Crippen molar-refractivity contribution in [2.24, 2.45) is 14.1 Å². The summed E-state index contributed by atoms with van der Waals surface area (Å²) in [4.78, 5) is 23.7. The molecule has 0 saturated carbocycles. The lowest BCUT2D eigenvalue weighted by Gasteiger charge is -2.07. The van der Waals surface area contributed by atoms with Crippen LogP contribution < -0.4 is 16.6 Å². The summed E-state index contributed by atoms with van der Waals surface area (Å²) < 4.78 is 3.33. The molecule has 0 atom stereocenters. The molecule has 3 aromatic rings. The van der Waals surface area contributed by atoms with Gasteiger partial charge in [-0.3, -0.25) is 13.9 Å². The number of benzene rings is 1. The van der Waals surface area contributed by atoms with Crippen molar-refractivity contribution < 1.29 is 0 Å². The molecule has 0 aliphatic rings. The Labute approximate surface area is 152 Å². The van der Waals surface area contributed by atoms with Crippen molar-refractivity contribution in [2.75, 3.05) is 5.32 Å². The summed E-state index contributed by atoms with van der Waals surface area (Å²) in [6, 6.07) is 9.49. The van der Waals surface area contributed by atoms with Crippen LogP contribution in [0.15, 0.2) is 44.3 Å². The first-order valence-electron chi connectivity index (χ1n) is 7.50. The van der Waals surface area contributed by atoms with Gasteiger partial charge in [-0.05, 0) is 19.1 Å². The number of nitrogens with zero attached hydrogens (tertiary/aromatic N) is 4. The maximum Gasteiger partial charge on any atom is 0.330 e. The van der Waals surface area contributed by atoms with E-state index in [1.807, 2.05) is 31.2 Å². The SMILES string of the molecule is Cc1ccc(Nc2nnc(SCc3cc(=O)n(C)c(=O)n3C)s2)cc1. The lowest BCUT2D eigenvalue weighted by molar-refractivity contribution is 0.665. The second-order valence-electron chi connectivity index (χ2n) is 5.53. The Balaban J connectivity index is 1.69. The van der Waals surface area contributed by atoms with Crippen LogP contribution in [0, 0.1) is 6.92 Å². The van der Waals surface area contributed by atoms with Crippen LogP contribution in [0.25, 0.3) is 0 Å². The van der Waals surface area contributed by atoms with Gasteiger partial charge in [0.25, 0.3) is 5.56 Å². The highest BCUT2D eigenvalue weighted by Crippen LogP contribution is 2.29. The molecule has 0 radical (unpaired) electrons. The molecule has 0 spiro atoms. The molecular formula is C16H17N5O2S2. The van der Waals surface area contributed by atoms with E-state index < -0.39 is 0 Å². The maximum atomic E-state index is 11.9. The fourth-order valence-corrected chi connectivity index (χ4v) is 3.93. The zero-order chi connectivity index (χ0) is 18.0. The second kappa shape index (κ2) is 7.24. The first-order valence-corrected chi connectivity index (χ1v) is 9.30. The highest BCUT2D eigenvalue weighted by atomic mass is 32.2. The van der Waals surface area contributed by atoms with E-state index in [1.165, 1.54) is 46.3 Å². The molecule has 0 amide bonds. The van der Waals surface area contributed by atoms with Crippen LogP contribution in [-0.2, 0) is 19.8 Å². The molecule has 0 aliphatic carbocycles. The first kappa shape index (κ1) is 17.4. The van der Waals surface area contributed by atoms with Gasteiger partial charge in [-0.15, -0.1) is 10.2 Å². The monoisotopic (exact) mass is 375 g/mol. The van der Waals surface area contributed by atoms with E-state index in [1.54, 1.807) is 7.05 Å². The second-order valence-corrected chi connectivity index (χ2v) is 7.73. The van der Waals surface area contributed by atoms with Crippen LogP contribution >= 0.6 is 23.1 Å². The van der Waals surface area contributed by atoms with Gasteiger partial charge in [0.15, 0.2) is 4.34 Å². The Hall–Kier alpha value is -2.39.